The van der Waals surface area contributed by atoms with Crippen LogP contribution in [0.25, 0.3) is 0 Å². The van der Waals surface area contributed by atoms with Crippen LogP contribution in [0.5, 0.6) is 0 Å². The molecule has 0 spiro atoms. The quantitative estimate of drug-likeness (QED) is 0.582. The molecule has 3 rings (SSSR count). The van der Waals surface area contributed by atoms with E-state index in [-0.39, 0.29) is 30.2 Å². The monoisotopic (exact) mass is 384 g/mol. The van der Waals surface area contributed by atoms with E-state index < -0.39 is 12.1 Å². The molecule has 0 aromatic heterocycles. The molecule has 0 bridgehead atoms. The highest BCUT2D eigenvalue weighted by Gasteiger charge is 2.28. The number of rotatable bonds is 5. The number of anilines is 1. The van der Waals surface area contributed by atoms with Gasteiger partial charge in [-0.25, -0.2) is 9.80 Å². The number of ketones is 1. The molecule has 0 radical (unpaired) electrons. The number of carbonyl (C=O) groups is 3. The summed E-state index contributed by atoms with van der Waals surface area (Å²) >= 11 is 5.89. The molecule has 1 aliphatic heterocycles. The van der Waals surface area contributed by atoms with Crippen molar-refractivity contribution in [2.75, 3.05) is 5.01 Å². The predicted molar refractivity (Wildman–Crippen MR) is 102 cm³/mol. The third kappa shape index (κ3) is 4.41. The van der Waals surface area contributed by atoms with Crippen molar-refractivity contribution >= 4 is 40.7 Å². The van der Waals surface area contributed by atoms with Crippen molar-refractivity contribution in [3.8, 4) is 0 Å². The zero-order valence-corrected chi connectivity index (χ0v) is 15.3. The van der Waals surface area contributed by atoms with Gasteiger partial charge in [0.25, 0.3) is 0 Å². The number of esters is 1. The van der Waals surface area contributed by atoms with Gasteiger partial charge < -0.3 is 4.74 Å². The first kappa shape index (κ1) is 18.8. The normalized spacial score (nSPS) is 15.1. The molecule has 0 saturated heterocycles. The van der Waals surface area contributed by atoms with Gasteiger partial charge in [0.05, 0.1) is 5.69 Å². The summed E-state index contributed by atoms with van der Waals surface area (Å²) in [5.41, 5.74) is 1.02. The Kier molecular flexibility index (Phi) is 5.66. The average Bonchev–Trinajstić information content (AvgIpc) is 2.68. The largest absolute Gasteiger partial charge is 0.450 e. The molecule has 0 saturated carbocycles. The van der Waals surface area contributed by atoms with E-state index in [0.717, 1.165) is 0 Å². The lowest BCUT2D eigenvalue weighted by Gasteiger charge is -2.23. The van der Waals surface area contributed by atoms with Crippen molar-refractivity contribution in [2.45, 2.75) is 25.9 Å². The number of hydrogen-bond acceptors (Lipinski definition) is 5. The van der Waals surface area contributed by atoms with Crippen LogP contribution in [-0.4, -0.2) is 29.5 Å². The molecule has 1 heterocycles. The van der Waals surface area contributed by atoms with Crippen LogP contribution in [0.3, 0.4) is 0 Å². The Morgan fingerprint density at radius 1 is 1.11 bits per heavy atom. The number of halogens is 1. The smallest absolute Gasteiger partial charge is 0.355 e. The summed E-state index contributed by atoms with van der Waals surface area (Å²) in [7, 11) is 0. The Balaban J connectivity index is 1.73. The standard InChI is InChI=1S/C20H17ClN2O4/c1-13(19(25)14-6-5-7-15(21)12-14)27-20(26)17-10-11-18(24)23(22-17)16-8-3-2-4-9-16/h2-9,12-13H,10-11H2,1H3/t13-/m1/s1. The second-order valence-corrected chi connectivity index (χ2v) is 6.45. The highest BCUT2D eigenvalue weighted by atomic mass is 35.5. The lowest BCUT2D eigenvalue weighted by Crippen LogP contribution is -2.36. The van der Waals surface area contributed by atoms with Crippen LogP contribution < -0.4 is 5.01 Å². The predicted octanol–water partition coefficient (Wildman–Crippen LogP) is 3.64. The molecular weight excluding hydrogens is 368 g/mol. The van der Waals surface area contributed by atoms with E-state index in [2.05, 4.69) is 5.10 Å². The van der Waals surface area contributed by atoms with Gasteiger partial charge in [-0.1, -0.05) is 41.9 Å². The molecule has 7 heteroatoms. The van der Waals surface area contributed by atoms with Crippen LogP contribution in [-0.2, 0) is 14.3 Å². The first-order valence-electron chi connectivity index (χ1n) is 8.42. The Hall–Kier alpha value is -2.99. The van der Waals surface area contributed by atoms with Crippen molar-refractivity contribution in [2.24, 2.45) is 5.10 Å². The van der Waals surface area contributed by atoms with Gasteiger partial charge in [0.2, 0.25) is 11.7 Å². The number of hydrogen-bond donors (Lipinski definition) is 0. The molecular formula is C20H17ClN2O4. The lowest BCUT2D eigenvalue weighted by molar-refractivity contribution is -0.138. The highest BCUT2D eigenvalue weighted by Crippen LogP contribution is 2.20. The highest BCUT2D eigenvalue weighted by molar-refractivity contribution is 6.38. The second kappa shape index (κ2) is 8.14. The number of para-hydroxylation sites is 1. The maximum atomic E-state index is 12.4. The molecule has 1 atom stereocenters. The summed E-state index contributed by atoms with van der Waals surface area (Å²) in [6.07, 6.45) is -0.695. The van der Waals surface area contributed by atoms with Gasteiger partial charge in [-0.15, -0.1) is 0 Å². The number of hydrazone groups is 1. The van der Waals surface area contributed by atoms with Crippen LogP contribution in [0, 0.1) is 0 Å². The fourth-order valence-corrected chi connectivity index (χ4v) is 2.82. The number of nitrogens with zero attached hydrogens (tertiary/aromatic N) is 2. The number of benzene rings is 2. The Bertz CT molecular complexity index is 911. The van der Waals surface area contributed by atoms with Gasteiger partial charge in [0.15, 0.2) is 6.10 Å². The minimum Gasteiger partial charge on any atom is -0.450 e. The van der Waals surface area contributed by atoms with Gasteiger partial charge in [0, 0.05) is 23.4 Å². The molecule has 0 aliphatic carbocycles. The average molecular weight is 385 g/mol. The SMILES string of the molecule is C[C@@H](OC(=O)C1=NN(c2ccccc2)C(=O)CC1)C(=O)c1cccc(Cl)c1. The van der Waals surface area contributed by atoms with Gasteiger partial charge in [0.1, 0.15) is 5.71 Å². The van der Waals surface area contributed by atoms with Crippen molar-refractivity contribution in [1.29, 1.82) is 0 Å². The molecule has 0 N–H and O–H groups in total. The lowest BCUT2D eigenvalue weighted by atomic mass is 10.1. The van der Waals surface area contributed by atoms with Gasteiger partial charge in [-0.2, -0.15) is 5.10 Å². The first-order valence-corrected chi connectivity index (χ1v) is 8.80. The molecule has 1 aliphatic rings. The van der Waals surface area contributed by atoms with Crippen LogP contribution in [0.15, 0.2) is 59.7 Å². The van der Waals surface area contributed by atoms with Gasteiger partial charge >= 0.3 is 5.97 Å². The van der Waals surface area contributed by atoms with E-state index >= 15 is 0 Å². The van der Waals surface area contributed by atoms with E-state index in [9.17, 15) is 14.4 Å². The van der Waals surface area contributed by atoms with Crippen molar-refractivity contribution in [3.05, 3.63) is 65.2 Å². The molecule has 6 nitrogen and oxygen atoms in total. The minimum atomic E-state index is -0.999. The summed E-state index contributed by atoms with van der Waals surface area (Å²) in [5.74, 6) is -1.29. The molecule has 138 valence electrons. The number of ether oxygens (including phenoxy) is 1. The van der Waals surface area contributed by atoms with Gasteiger partial charge in [-0.05, 0) is 31.2 Å². The third-order valence-electron chi connectivity index (χ3n) is 4.03. The van der Waals surface area contributed by atoms with E-state index in [0.29, 0.717) is 16.3 Å². The molecule has 0 unspecified atom stereocenters. The fraction of sp³-hybridized carbons (Fsp3) is 0.200. The third-order valence-corrected chi connectivity index (χ3v) is 4.27. The summed E-state index contributed by atoms with van der Waals surface area (Å²) in [4.78, 5) is 36.9. The number of amides is 1. The molecule has 0 fully saturated rings. The van der Waals surface area contributed by atoms with Crippen molar-refractivity contribution in [1.82, 2.24) is 0 Å². The Labute approximate surface area is 161 Å². The topological polar surface area (TPSA) is 76.0 Å². The molecule has 2 aromatic carbocycles. The Morgan fingerprint density at radius 3 is 2.56 bits per heavy atom. The van der Waals surface area contributed by atoms with E-state index in [1.807, 2.05) is 6.07 Å². The second-order valence-electron chi connectivity index (χ2n) is 6.01. The van der Waals surface area contributed by atoms with Gasteiger partial charge in [-0.3, -0.25) is 9.59 Å². The number of Topliss-reactive ketones (excluding diaryl/α,β-unsaturated/α-hetero) is 1. The van der Waals surface area contributed by atoms with Crippen LogP contribution in [0.4, 0.5) is 5.69 Å². The van der Waals surface area contributed by atoms with Crippen molar-refractivity contribution in [3.63, 3.8) is 0 Å². The van der Waals surface area contributed by atoms with E-state index in [1.54, 1.807) is 42.5 Å². The maximum Gasteiger partial charge on any atom is 0.355 e. The maximum absolute atomic E-state index is 12.4. The first-order chi connectivity index (χ1) is 13.0. The zero-order valence-electron chi connectivity index (χ0n) is 14.6. The summed E-state index contributed by atoms with van der Waals surface area (Å²) in [6.45, 7) is 1.49. The fourth-order valence-electron chi connectivity index (χ4n) is 2.63. The molecule has 27 heavy (non-hydrogen) atoms. The van der Waals surface area contributed by atoms with Crippen LogP contribution in [0.2, 0.25) is 5.02 Å². The van der Waals surface area contributed by atoms with Crippen LogP contribution >= 0.6 is 11.6 Å². The molecule has 1 amide bonds. The zero-order chi connectivity index (χ0) is 19.4. The summed E-state index contributed by atoms with van der Waals surface area (Å²) in [6, 6.07) is 15.2. The summed E-state index contributed by atoms with van der Waals surface area (Å²) < 4.78 is 5.27. The Morgan fingerprint density at radius 2 is 1.85 bits per heavy atom. The van der Waals surface area contributed by atoms with E-state index in [1.165, 1.54) is 18.0 Å². The minimum absolute atomic E-state index is 0.101. The molecule has 2 aromatic rings. The number of carbonyl (C=O) groups excluding carboxylic acids is 3. The van der Waals surface area contributed by atoms with Crippen molar-refractivity contribution < 1.29 is 19.1 Å². The van der Waals surface area contributed by atoms with E-state index in [4.69, 9.17) is 16.3 Å². The van der Waals surface area contributed by atoms with Crippen LogP contribution in [0.1, 0.15) is 30.1 Å². The summed E-state index contributed by atoms with van der Waals surface area (Å²) in [5, 5.41) is 5.73.